The second kappa shape index (κ2) is 9.43. The van der Waals surface area contributed by atoms with Crippen LogP contribution in [0.2, 0.25) is 5.02 Å². The van der Waals surface area contributed by atoms with Crippen molar-refractivity contribution in [3.63, 3.8) is 0 Å². The number of methoxy groups -OCH3 is 1. The number of carbonyl (C=O) groups is 2. The number of amides is 1. The predicted octanol–water partition coefficient (Wildman–Crippen LogP) is 5.40. The normalized spacial score (nSPS) is 17.3. The summed E-state index contributed by atoms with van der Waals surface area (Å²) < 4.78 is 29.9. The van der Waals surface area contributed by atoms with Crippen molar-refractivity contribution in [3.8, 4) is 11.5 Å². The van der Waals surface area contributed by atoms with Gasteiger partial charge >= 0.3 is 5.97 Å². The Bertz CT molecular complexity index is 1320. The van der Waals surface area contributed by atoms with Crippen LogP contribution >= 0.6 is 11.6 Å². The van der Waals surface area contributed by atoms with Crippen LogP contribution in [-0.2, 0) is 20.9 Å². The summed E-state index contributed by atoms with van der Waals surface area (Å²) in [4.78, 5) is 27.5. The fraction of sp³-hybridized carbons (Fsp3) is 0.185. The minimum atomic E-state index is -0.476. The highest BCUT2D eigenvalue weighted by molar-refractivity contribution is 6.30. The topological polar surface area (TPSA) is 65.1 Å². The lowest BCUT2D eigenvalue weighted by molar-refractivity contribution is -0.136. The highest BCUT2D eigenvalue weighted by Crippen LogP contribution is 2.43. The van der Waals surface area contributed by atoms with E-state index in [0.717, 1.165) is 11.1 Å². The Morgan fingerprint density at radius 3 is 2.49 bits per heavy atom. The molecule has 0 aliphatic carbocycles. The molecule has 8 heteroatoms. The summed E-state index contributed by atoms with van der Waals surface area (Å²) >= 11 is 6.00. The van der Waals surface area contributed by atoms with Crippen LogP contribution in [0.3, 0.4) is 0 Å². The molecule has 2 heterocycles. The van der Waals surface area contributed by atoms with Crippen molar-refractivity contribution in [3.05, 3.63) is 100.0 Å². The Balaban J connectivity index is 1.45. The Kier molecular flexibility index (Phi) is 6.17. The Morgan fingerprint density at radius 2 is 1.77 bits per heavy atom. The summed E-state index contributed by atoms with van der Waals surface area (Å²) in [6.45, 7) is 0.255. The molecule has 5 rings (SSSR count). The van der Waals surface area contributed by atoms with E-state index in [-0.39, 0.29) is 31.4 Å². The molecule has 0 spiro atoms. The van der Waals surface area contributed by atoms with Crippen molar-refractivity contribution < 1.29 is 28.2 Å². The van der Waals surface area contributed by atoms with Gasteiger partial charge in [-0.2, -0.15) is 0 Å². The third-order valence-electron chi connectivity index (χ3n) is 6.10. The van der Waals surface area contributed by atoms with E-state index in [0.29, 0.717) is 33.5 Å². The predicted molar refractivity (Wildman–Crippen MR) is 128 cm³/mol. The lowest BCUT2D eigenvalue weighted by Crippen LogP contribution is -2.37. The van der Waals surface area contributed by atoms with Crippen LogP contribution in [0.1, 0.15) is 23.5 Å². The van der Waals surface area contributed by atoms with Gasteiger partial charge in [-0.25, -0.2) is 9.18 Å². The quantitative estimate of drug-likeness (QED) is 0.430. The Morgan fingerprint density at radius 1 is 1.03 bits per heavy atom. The first-order valence-electron chi connectivity index (χ1n) is 11.0. The van der Waals surface area contributed by atoms with Crippen LogP contribution < -0.4 is 14.4 Å². The monoisotopic (exact) mass is 493 g/mol. The van der Waals surface area contributed by atoms with Crippen molar-refractivity contribution >= 4 is 29.2 Å². The summed E-state index contributed by atoms with van der Waals surface area (Å²) in [5.41, 5.74) is 3.18. The van der Waals surface area contributed by atoms with Crippen molar-refractivity contribution in [2.24, 2.45) is 0 Å². The van der Waals surface area contributed by atoms with E-state index in [1.165, 1.54) is 24.1 Å². The molecule has 35 heavy (non-hydrogen) atoms. The van der Waals surface area contributed by atoms with E-state index in [1.54, 1.807) is 48.5 Å². The number of benzene rings is 3. The molecule has 1 atom stereocenters. The molecule has 2 aliphatic rings. The molecule has 1 unspecified atom stereocenters. The number of hydrogen-bond acceptors (Lipinski definition) is 5. The zero-order valence-corrected chi connectivity index (χ0v) is 19.5. The number of hydrogen-bond donors (Lipinski definition) is 0. The molecule has 3 aromatic carbocycles. The molecular formula is C27H21ClFNO5. The van der Waals surface area contributed by atoms with Crippen LogP contribution in [0.5, 0.6) is 11.5 Å². The first-order chi connectivity index (χ1) is 16.9. The van der Waals surface area contributed by atoms with E-state index in [2.05, 4.69) is 0 Å². The summed E-state index contributed by atoms with van der Waals surface area (Å²) in [7, 11) is 1.52. The molecule has 0 N–H and O–H groups in total. The van der Waals surface area contributed by atoms with E-state index in [4.69, 9.17) is 25.8 Å². The first kappa shape index (κ1) is 22.9. The van der Waals surface area contributed by atoms with Crippen molar-refractivity contribution in [2.75, 3.05) is 18.6 Å². The SMILES string of the molecule is COc1cc(C2CC(=O)N(c3ccc(Cl)cc3)C3=C2C(=O)OC3)ccc1OCc1ccc(F)cc1. The third-order valence-corrected chi connectivity index (χ3v) is 6.35. The van der Waals surface area contributed by atoms with Gasteiger partial charge in [0.25, 0.3) is 0 Å². The largest absolute Gasteiger partial charge is 0.493 e. The second-order valence-electron chi connectivity index (χ2n) is 8.22. The van der Waals surface area contributed by atoms with E-state index in [1.807, 2.05) is 6.07 Å². The second-order valence-corrected chi connectivity index (χ2v) is 8.66. The average Bonchev–Trinajstić information content (AvgIpc) is 3.25. The fourth-order valence-electron chi connectivity index (χ4n) is 4.39. The lowest BCUT2D eigenvalue weighted by atomic mass is 9.84. The molecule has 0 radical (unpaired) electrons. The maximum Gasteiger partial charge on any atom is 0.336 e. The molecular weight excluding hydrogens is 473 g/mol. The Labute approximate surface area is 206 Å². The van der Waals surface area contributed by atoms with Gasteiger partial charge in [0, 0.05) is 23.0 Å². The highest BCUT2D eigenvalue weighted by Gasteiger charge is 2.43. The third kappa shape index (κ3) is 4.47. The number of anilines is 1. The molecule has 178 valence electrons. The zero-order valence-electron chi connectivity index (χ0n) is 18.8. The smallest absolute Gasteiger partial charge is 0.336 e. The van der Waals surface area contributed by atoms with Gasteiger partial charge in [-0.3, -0.25) is 9.69 Å². The highest BCUT2D eigenvalue weighted by atomic mass is 35.5. The number of carbonyl (C=O) groups excluding carboxylic acids is 2. The Hall–Kier alpha value is -3.84. The zero-order chi connectivity index (χ0) is 24.5. The van der Waals surface area contributed by atoms with E-state index in [9.17, 15) is 14.0 Å². The summed E-state index contributed by atoms with van der Waals surface area (Å²) in [5.74, 6) is -0.418. The van der Waals surface area contributed by atoms with Crippen LogP contribution in [0.15, 0.2) is 78.0 Å². The van der Waals surface area contributed by atoms with Gasteiger partial charge in [0.15, 0.2) is 11.5 Å². The minimum Gasteiger partial charge on any atom is -0.493 e. The summed E-state index contributed by atoms with van der Waals surface area (Å²) in [5, 5.41) is 0.554. The van der Waals surface area contributed by atoms with Crippen LogP contribution in [0.25, 0.3) is 0 Å². The molecule has 0 saturated carbocycles. The van der Waals surface area contributed by atoms with Gasteiger partial charge in [-0.15, -0.1) is 0 Å². The van der Waals surface area contributed by atoms with Crippen LogP contribution in [0, 0.1) is 5.82 Å². The molecule has 6 nitrogen and oxygen atoms in total. The number of halogens is 2. The van der Waals surface area contributed by atoms with Gasteiger partial charge < -0.3 is 14.2 Å². The fourth-order valence-corrected chi connectivity index (χ4v) is 4.52. The van der Waals surface area contributed by atoms with Crippen molar-refractivity contribution in [2.45, 2.75) is 18.9 Å². The lowest BCUT2D eigenvalue weighted by Gasteiger charge is -2.32. The van der Waals surface area contributed by atoms with Gasteiger partial charge in [0.2, 0.25) is 5.91 Å². The van der Waals surface area contributed by atoms with Gasteiger partial charge in [0.05, 0.1) is 18.4 Å². The summed E-state index contributed by atoms with van der Waals surface area (Å²) in [6.07, 6.45) is 0.0928. The minimum absolute atomic E-state index is 0.0228. The molecule has 2 aliphatic heterocycles. The number of esters is 1. The van der Waals surface area contributed by atoms with Crippen molar-refractivity contribution in [1.82, 2.24) is 0 Å². The van der Waals surface area contributed by atoms with Gasteiger partial charge in [-0.1, -0.05) is 29.8 Å². The average molecular weight is 494 g/mol. The summed E-state index contributed by atoms with van der Waals surface area (Å²) in [6, 6.07) is 18.2. The number of nitrogens with zero attached hydrogens (tertiary/aromatic N) is 1. The number of cyclic esters (lactones) is 1. The van der Waals surface area contributed by atoms with E-state index >= 15 is 0 Å². The maximum absolute atomic E-state index is 13.2. The van der Waals surface area contributed by atoms with Gasteiger partial charge in [0.1, 0.15) is 19.0 Å². The molecule has 0 fully saturated rings. The molecule has 3 aromatic rings. The number of rotatable bonds is 6. The van der Waals surface area contributed by atoms with Crippen LogP contribution in [0.4, 0.5) is 10.1 Å². The van der Waals surface area contributed by atoms with Crippen LogP contribution in [-0.4, -0.2) is 25.6 Å². The van der Waals surface area contributed by atoms with E-state index < -0.39 is 11.9 Å². The van der Waals surface area contributed by atoms with Gasteiger partial charge in [-0.05, 0) is 59.7 Å². The molecule has 1 amide bonds. The molecule has 0 saturated heterocycles. The molecule has 0 bridgehead atoms. The first-order valence-corrected chi connectivity index (χ1v) is 11.4. The number of ether oxygens (including phenoxy) is 3. The molecule has 0 aromatic heterocycles. The van der Waals surface area contributed by atoms with Crippen molar-refractivity contribution in [1.29, 1.82) is 0 Å². The maximum atomic E-state index is 13.2. The standard InChI is InChI=1S/C27H21ClFNO5/c1-33-24-12-17(4-11-23(24)34-14-16-2-7-19(29)8-3-16)21-13-25(31)30(20-9-5-18(28)6-10-20)22-15-35-27(32)26(21)22/h2-12,21H,13-15H2,1H3.